The molecule has 23 heavy (non-hydrogen) atoms. The zero-order valence-electron chi connectivity index (χ0n) is 12.3. The monoisotopic (exact) mass is 346 g/mol. The predicted molar refractivity (Wildman–Crippen MR) is 98.7 cm³/mol. The summed E-state index contributed by atoms with van der Waals surface area (Å²) < 4.78 is 0. The first-order valence-electron chi connectivity index (χ1n) is 6.92. The molecule has 0 bridgehead atoms. The summed E-state index contributed by atoms with van der Waals surface area (Å²) in [6, 6.07) is 14.4. The van der Waals surface area contributed by atoms with Crippen LogP contribution in [0.2, 0.25) is 10.0 Å². The highest BCUT2D eigenvalue weighted by Crippen LogP contribution is 2.09. The molecule has 0 aliphatic carbocycles. The molecule has 0 saturated heterocycles. The predicted octanol–water partition coefficient (Wildman–Crippen LogP) is 3.84. The summed E-state index contributed by atoms with van der Waals surface area (Å²) in [5.41, 5.74) is 7.99. The Kier molecular flexibility index (Phi) is 6.32. The largest absolute Gasteiger partial charge is 0.383 e. The number of halogens is 2. The average molecular weight is 347 g/mol. The molecule has 0 aliphatic rings. The first-order chi connectivity index (χ1) is 11.0. The average Bonchev–Trinajstić information content (AvgIpc) is 2.55. The number of nitrogens with one attached hydrogen (secondary N) is 1. The standard InChI is InChI=1S/C17H16Cl2N4/c18-14-5-1-12(2-6-14)9-22-10-16(20)11-23-17(21)13-3-7-15(19)8-4-13/h1-9,20H,10-11H2,(H2,21,23). The van der Waals surface area contributed by atoms with Crippen molar-refractivity contribution in [3.05, 3.63) is 69.7 Å². The van der Waals surface area contributed by atoms with Gasteiger partial charge in [0.25, 0.3) is 0 Å². The highest BCUT2D eigenvalue weighted by Gasteiger charge is 1.99. The Balaban J connectivity index is 1.85. The molecule has 6 heteroatoms. The first kappa shape index (κ1) is 17.2. The third-order valence-corrected chi connectivity index (χ3v) is 3.48. The number of amidine groups is 1. The summed E-state index contributed by atoms with van der Waals surface area (Å²) in [4.78, 5) is 8.41. The van der Waals surface area contributed by atoms with Crippen LogP contribution in [0.3, 0.4) is 0 Å². The zero-order valence-corrected chi connectivity index (χ0v) is 13.8. The minimum Gasteiger partial charge on any atom is -0.383 e. The Morgan fingerprint density at radius 2 is 1.52 bits per heavy atom. The van der Waals surface area contributed by atoms with Gasteiger partial charge in [-0.25, -0.2) is 0 Å². The smallest absolute Gasteiger partial charge is 0.125 e. The third kappa shape index (κ3) is 5.85. The summed E-state index contributed by atoms with van der Waals surface area (Å²) in [5.74, 6) is 0.382. The molecule has 0 spiro atoms. The molecule has 0 amide bonds. The van der Waals surface area contributed by atoms with Crippen molar-refractivity contribution < 1.29 is 0 Å². The van der Waals surface area contributed by atoms with E-state index in [0.717, 1.165) is 11.1 Å². The molecule has 4 nitrogen and oxygen atoms in total. The van der Waals surface area contributed by atoms with E-state index in [0.29, 0.717) is 21.6 Å². The van der Waals surface area contributed by atoms with Gasteiger partial charge in [-0.3, -0.25) is 9.98 Å². The molecule has 0 saturated carbocycles. The van der Waals surface area contributed by atoms with Crippen LogP contribution in [0.4, 0.5) is 0 Å². The fourth-order valence-electron chi connectivity index (χ4n) is 1.75. The van der Waals surface area contributed by atoms with E-state index in [4.69, 9.17) is 34.3 Å². The molecule has 2 rings (SSSR count). The van der Waals surface area contributed by atoms with Gasteiger partial charge in [0.1, 0.15) is 5.84 Å². The Labute approximate surface area is 145 Å². The second kappa shape index (κ2) is 8.46. The lowest BCUT2D eigenvalue weighted by Gasteiger charge is -2.02. The van der Waals surface area contributed by atoms with Crippen LogP contribution >= 0.6 is 23.2 Å². The van der Waals surface area contributed by atoms with Gasteiger partial charge in [0.15, 0.2) is 0 Å². The van der Waals surface area contributed by atoms with Gasteiger partial charge in [-0.05, 0) is 42.0 Å². The number of hydrogen-bond donors (Lipinski definition) is 2. The summed E-state index contributed by atoms with van der Waals surface area (Å²) in [7, 11) is 0. The van der Waals surface area contributed by atoms with Crippen LogP contribution in [-0.4, -0.2) is 30.9 Å². The maximum Gasteiger partial charge on any atom is 0.125 e. The van der Waals surface area contributed by atoms with Crippen LogP contribution < -0.4 is 5.73 Å². The summed E-state index contributed by atoms with van der Waals surface area (Å²) >= 11 is 11.6. The minimum absolute atomic E-state index is 0.215. The van der Waals surface area contributed by atoms with E-state index in [-0.39, 0.29) is 13.1 Å². The molecule has 0 aromatic heterocycles. The van der Waals surface area contributed by atoms with Gasteiger partial charge < -0.3 is 11.1 Å². The van der Waals surface area contributed by atoms with E-state index in [1.165, 1.54) is 0 Å². The van der Waals surface area contributed by atoms with Gasteiger partial charge in [0, 0.05) is 21.8 Å². The normalized spacial score (nSPS) is 11.8. The van der Waals surface area contributed by atoms with Crippen LogP contribution in [0.15, 0.2) is 58.5 Å². The molecule has 0 unspecified atom stereocenters. The number of benzene rings is 2. The molecule has 2 aromatic carbocycles. The van der Waals surface area contributed by atoms with Crippen molar-refractivity contribution in [3.63, 3.8) is 0 Å². The maximum absolute atomic E-state index is 7.86. The lowest BCUT2D eigenvalue weighted by molar-refractivity contribution is 1.16. The number of rotatable bonds is 6. The quantitative estimate of drug-likeness (QED) is 0.605. The molecule has 2 aromatic rings. The van der Waals surface area contributed by atoms with Crippen molar-refractivity contribution in [1.29, 1.82) is 5.41 Å². The van der Waals surface area contributed by atoms with Crippen LogP contribution in [0.25, 0.3) is 0 Å². The van der Waals surface area contributed by atoms with Gasteiger partial charge in [0.05, 0.1) is 18.8 Å². The lowest BCUT2D eigenvalue weighted by Crippen LogP contribution is -2.16. The lowest BCUT2D eigenvalue weighted by atomic mass is 10.2. The highest BCUT2D eigenvalue weighted by molar-refractivity contribution is 6.31. The fraction of sp³-hybridized carbons (Fsp3) is 0.118. The molecule has 0 heterocycles. The molecule has 0 radical (unpaired) electrons. The van der Waals surface area contributed by atoms with E-state index < -0.39 is 0 Å². The van der Waals surface area contributed by atoms with Crippen LogP contribution in [-0.2, 0) is 0 Å². The Hall–Kier alpha value is -2.17. The van der Waals surface area contributed by atoms with E-state index >= 15 is 0 Å². The topological polar surface area (TPSA) is 74.6 Å². The Morgan fingerprint density at radius 1 is 0.957 bits per heavy atom. The van der Waals surface area contributed by atoms with Crippen LogP contribution in [0.5, 0.6) is 0 Å². The van der Waals surface area contributed by atoms with Gasteiger partial charge in [-0.1, -0.05) is 35.3 Å². The molecule has 0 fully saturated rings. The Bertz CT molecular complexity index is 719. The molecule has 0 atom stereocenters. The maximum atomic E-state index is 7.86. The SMILES string of the molecule is N=C(CN=Cc1ccc(Cl)cc1)CN=C(N)c1ccc(Cl)cc1. The minimum atomic E-state index is 0.215. The third-order valence-electron chi connectivity index (χ3n) is 2.97. The molecular formula is C17H16Cl2N4. The fourth-order valence-corrected chi connectivity index (χ4v) is 2.00. The summed E-state index contributed by atoms with van der Waals surface area (Å²) in [6.45, 7) is 0.493. The second-order valence-corrected chi connectivity index (χ2v) is 5.71. The van der Waals surface area contributed by atoms with Crippen molar-refractivity contribution >= 4 is 41.0 Å². The number of aliphatic imine (C=N–C) groups is 2. The van der Waals surface area contributed by atoms with E-state index in [1.54, 1.807) is 42.6 Å². The molecule has 3 N–H and O–H groups in total. The van der Waals surface area contributed by atoms with E-state index in [9.17, 15) is 0 Å². The van der Waals surface area contributed by atoms with Gasteiger partial charge in [-0.15, -0.1) is 0 Å². The molecular weight excluding hydrogens is 331 g/mol. The van der Waals surface area contributed by atoms with Crippen LogP contribution in [0, 0.1) is 5.41 Å². The van der Waals surface area contributed by atoms with Crippen molar-refractivity contribution in [2.24, 2.45) is 15.7 Å². The zero-order chi connectivity index (χ0) is 16.7. The van der Waals surface area contributed by atoms with E-state index in [1.807, 2.05) is 12.1 Å². The second-order valence-electron chi connectivity index (χ2n) is 4.83. The van der Waals surface area contributed by atoms with Gasteiger partial charge in [0.2, 0.25) is 0 Å². The Morgan fingerprint density at radius 3 is 2.13 bits per heavy atom. The number of nitrogens with zero attached hydrogens (tertiary/aromatic N) is 2. The summed E-state index contributed by atoms with van der Waals surface area (Å²) in [6.07, 6.45) is 1.71. The first-order valence-corrected chi connectivity index (χ1v) is 7.68. The van der Waals surface area contributed by atoms with Crippen molar-refractivity contribution in [2.45, 2.75) is 0 Å². The summed E-state index contributed by atoms with van der Waals surface area (Å²) in [5, 5.41) is 9.19. The number of nitrogens with two attached hydrogens (primary N) is 1. The van der Waals surface area contributed by atoms with E-state index in [2.05, 4.69) is 9.98 Å². The highest BCUT2D eigenvalue weighted by atomic mass is 35.5. The van der Waals surface area contributed by atoms with Crippen molar-refractivity contribution in [1.82, 2.24) is 0 Å². The molecule has 0 aliphatic heterocycles. The molecule has 118 valence electrons. The van der Waals surface area contributed by atoms with Gasteiger partial charge >= 0.3 is 0 Å². The van der Waals surface area contributed by atoms with Crippen molar-refractivity contribution in [2.75, 3.05) is 13.1 Å². The van der Waals surface area contributed by atoms with Crippen LogP contribution in [0.1, 0.15) is 11.1 Å². The number of hydrogen-bond acceptors (Lipinski definition) is 3. The van der Waals surface area contributed by atoms with Gasteiger partial charge in [-0.2, -0.15) is 0 Å². The van der Waals surface area contributed by atoms with Crippen molar-refractivity contribution in [3.8, 4) is 0 Å².